The van der Waals surface area contributed by atoms with Crippen LogP contribution in [0.5, 0.6) is 0 Å². The summed E-state index contributed by atoms with van der Waals surface area (Å²) in [5, 5.41) is 9.01. The van der Waals surface area contributed by atoms with Gasteiger partial charge in [0.05, 0.1) is 24.5 Å². The molecular weight excluding hydrogens is 485 g/mol. The fourth-order valence-corrected chi connectivity index (χ4v) is 5.06. The van der Waals surface area contributed by atoms with Crippen LogP contribution in [0.2, 0.25) is 10.0 Å². The fourth-order valence-electron chi connectivity index (χ4n) is 4.49. The lowest BCUT2D eigenvalue weighted by molar-refractivity contribution is -0.133. The average Bonchev–Trinajstić information content (AvgIpc) is 3.48. The minimum Gasteiger partial charge on any atom is -0.352 e. The second-order valence-electron chi connectivity index (χ2n) is 8.33. The van der Waals surface area contributed by atoms with Crippen molar-refractivity contribution in [3.63, 3.8) is 0 Å². The van der Waals surface area contributed by atoms with Crippen LogP contribution in [-0.4, -0.2) is 69.3 Å². The molecule has 4 heterocycles. The van der Waals surface area contributed by atoms with Gasteiger partial charge in [0.15, 0.2) is 5.65 Å². The Morgan fingerprint density at radius 1 is 1.18 bits per heavy atom. The predicted molar refractivity (Wildman–Crippen MR) is 133 cm³/mol. The van der Waals surface area contributed by atoms with Crippen LogP contribution in [0, 0.1) is 0 Å². The predicted octanol–water partition coefficient (Wildman–Crippen LogP) is 3.56. The van der Waals surface area contributed by atoms with Crippen molar-refractivity contribution in [3.8, 4) is 0 Å². The summed E-state index contributed by atoms with van der Waals surface area (Å²) >= 11 is 12.5. The van der Waals surface area contributed by atoms with Gasteiger partial charge in [-0.3, -0.25) is 4.79 Å². The lowest BCUT2D eigenvalue weighted by Gasteiger charge is -2.36. The molecule has 0 radical (unpaired) electrons. The summed E-state index contributed by atoms with van der Waals surface area (Å²) in [6, 6.07) is 5.32. The van der Waals surface area contributed by atoms with E-state index in [0.29, 0.717) is 28.8 Å². The van der Waals surface area contributed by atoms with E-state index in [9.17, 15) is 4.79 Å². The van der Waals surface area contributed by atoms with Crippen molar-refractivity contribution in [1.29, 1.82) is 0 Å². The van der Waals surface area contributed by atoms with Crippen molar-refractivity contribution >= 4 is 58.5 Å². The third kappa shape index (κ3) is 4.75. The minimum absolute atomic E-state index is 0. The van der Waals surface area contributed by atoms with Crippen LogP contribution >= 0.6 is 35.6 Å². The number of hydrogen-bond acceptors (Lipinski definition) is 6. The highest BCUT2D eigenvalue weighted by atomic mass is 35.5. The van der Waals surface area contributed by atoms with E-state index in [1.165, 1.54) is 0 Å². The largest absolute Gasteiger partial charge is 0.352 e. The zero-order valence-corrected chi connectivity index (χ0v) is 20.6. The number of hydrogen-bond donors (Lipinski definition) is 1. The summed E-state index contributed by atoms with van der Waals surface area (Å²) in [4.78, 5) is 26.3. The number of anilines is 1. The smallest absolute Gasteiger partial charge is 0.239 e. The second kappa shape index (κ2) is 10.0. The molecule has 2 fully saturated rings. The van der Waals surface area contributed by atoms with Gasteiger partial charge in [0.2, 0.25) is 5.91 Å². The Balaban J connectivity index is 0.00000259. The first-order valence-corrected chi connectivity index (χ1v) is 11.7. The highest BCUT2D eigenvalue weighted by Crippen LogP contribution is 2.30. The van der Waals surface area contributed by atoms with E-state index in [-0.39, 0.29) is 30.4 Å². The van der Waals surface area contributed by atoms with Crippen molar-refractivity contribution in [1.82, 2.24) is 30.0 Å². The number of nitrogens with zero attached hydrogens (tertiary/aromatic N) is 6. The summed E-state index contributed by atoms with van der Waals surface area (Å²) in [5.41, 5.74) is 2.35. The molecule has 1 aromatic carbocycles. The second-order valence-corrected chi connectivity index (χ2v) is 9.17. The van der Waals surface area contributed by atoms with Gasteiger partial charge in [-0.1, -0.05) is 29.3 Å². The first-order chi connectivity index (χ1) is 15.5. The Hall–Kier alpha value is -2.13. The van der Waals surface area contributed by atoms with Crippen molar-refractivity contribution in [2.75, 3.05) is 37.6 Å². The molecule has 2 aliphatic heterocycles. The molecule has 1 amide bonds. The highest BCUT2D eigenvalue weighted by Gasteiger charge is 2.29. The molecule has 2 atom stereocenters. The lowest BCUT2D eigenvalue weighted by atomic mass is 10.1. The average molecular weight is 511 g/mol. The summed E-state index contributed by atoms with van der Waals surface area (Å²) in [5.74, 6) is 1.01. The molecule has 33 heavy (non-hydrogen) atoms. The van der Waals surface area contributed by atoms with Crippen LogP contribution in [0.4, 0.5) is 5.82 Å². The molecule has 0 saturated carbocycles. The van der Waals surface area contributed by atoms with E-state index in [4.69, 9.17) is 28.2 Å². The summed E-state index contributed by atoms with van der Waals surface area (Å²) in [7, 11) is 0. The van der Waals surface area contributed by atoms with Gasteiger partial charge in [0.1, 0.15) is 11.3 Å². The molecule has 0 bridgehead atoms. The van der Waals surface area contributed by atoms with Gasteiger partial charge in [-0.25, -0.2) is 14.6 Å². The van der Waals surface area contributed by atoms with Gasteiger partial charge in [-0.05, 0) is 44.0 Å². The Labute approximate surface area is 208 Å². The quantitative estimate of drug-likeness (QED) is 0.578. The molecule has 11 heteroatoms. The molecular formula is C22H26Cl3N7O. The standard InChI is InChI=1S/C22H25Cl2N7O.ClH/c1-14(16-5-4-15(23)11-17(16)24)31-21-19(12-27-31)26-13-20(28-21)29-7-9-30(10-8-29)22(32)18-3-2-6-25-18;/h4-5,11-14,18,25H,2-3,6-10H2,1H3;1H/t14?,18-;/m1./s1. The molecule has 1 N–H and O–H groups in total. The molecule has 2 saturated heterocycles. The van der Waals surface area contributed by atoms with Crippen LogP contribution in [0.15, 0.2) is 30.6 Å². The number of nitrogens with one attached hydrogen (secondary N) is 1. The third-order valence-electron chi connectivity index (χ3n) is 6.34. The van der Waals surface area contributed by atoms with Gasteiger partial charge < -0.3 is 15.1 Å². The van der Waals surface area contributed by atoms with Crippen LogP contribution in [0.25, 0.3) is 11.2 Å². The Bertz CT molecular complexity index is 1140. The number of amides is 1. The van der Waals surface area contributed by atoms with E-state index in [1.54, 1.807) is 18.5 Å². The van der Waals surface area contributed by atoms with E-state index in [0.717, 1.165) is 49.4 Å². The molecule has 2 aromatic heterocycles. The monoisotopic (exact) mass is 509 g/mol. The first-order valence-electron chi connectivity index (χ1n) is 10.9. The van der Waals surface area contributed by atoms with Gasteiger partial charge in [-0.2, -0.15) is 5.10 Å². The van der Waals surface area contributed by atoms with Crippen molar-refractivity contribution < 1.29 is 4.79 Å². The van der Waals surface area contributed by atoms with Crippen LogP contribution in [-0.2, 0) is 4.79 Å². The zero-order valence-electron chi connectivity index (χ0n) is 18.2. The highest BCUT2D eigenvalue weighted by molar-refractivity contribution is 6.35. The van der Waals surface area contributed by atoms with E-state index >= 15 is 0 Å². The number of carbonyl (C=O) groups excluding carboxylic acids is 1. The number of fused-ring (bicyclic) bond motifs is 1. The van der Waals surface area contributed by atoms with Crippen molar-refractivity contribution in [2.45, 2.75) is 31.8 Å². The van der Waals surface area contributed by atoms with Crippen LogP contribution < -0.4 is 10.2 Å². The van der Waals surface area contributed by atoms with Gasteiger partial charge >= 0.3 is 0 Å². The van der Waals surface area contributed by atoms with Gasteiger partial charge in [-0.15, -0.1) is 12.4 Å². The maximum absolute atomic E-state index is 12.7. The summed E-state index contributed by atoms with van der Waals surface area (Å²) < 4.78 is 1.84. The molecule has 1 unspecified atom stereocenters. The van der Waals surface area contributed by atoms with Crippen LogP contribution in [0.3, 0.4) is 0 Å². The number of benzene rings is 1. The number of aromatic nitrogens is 4. The maximum atomic E-state index is 12.7. The van der Waals surface area contributed by atoms with E-state index < -0.39 is 0 Å². The molecule has 0 spiro atoms. The normalized spacial score (nSPS) is 19.5. The topological polar surface area (TPSA) is 79.2 Å². The van der Waals surface area contributed by atoms with Crippen molar-refractivity contribution in [2.24, 2.45) is 0 Å². The Morgan fingerprint density at radius 3 is 2.67 bits per heavy atom. The minimum atomic E-state index is -0.129. The summed E-state index contributed by atoms with van der Waals surface area (Å²) in [6.45, 7) is 5.78. The van der Waals surface area contributed by atoms with E-state index in [1.807, 2.05) is 28.6 Å². The SMILES string of the molecule is CC(c1ccc(Cl)cc1Cl)n1ncc2ncc(N3CCN(C(=O)[C@H]4CCCN4)CC3)nc21.Cl. The molecule has 2 aliphatic rings. The summed E-state index contributed by atoms with van der Waals surface area (Å²) in [6.07, 6.45) is 5.50. The first kappa shape index (κ1) is 24.0. The number of halogens is 3. The van der Waals surface area contributed by atoms with Gasteiger partial charge in [0, 0.05) is 36.2 Å². The number of rotatable bonds is 4. The maximum Gasteiger partial charge on any atom is 0.239 e. The Kier molecular flexibility index (Phi) is 7.28. The molecule has 8 nitrogen and oxygen atoms in total. The zero-order chi connectivity index (χ0) is 22.2. The third-order valence-corrected chi connectivity index (χ3v) is 6.91. The van der Waals surface area contributed by atoms with E-state index in [2.05, 4.69) is 20.3 Å². The molecule has 176 valence electrons. The number of piperazine rings is 1. The van der Waals surface area contributed by atoms with Gasteiger partial charge in [0.25, 0.3) is 0 Å². The molecule has 3 aromatic rings. The fraction of sp³-hybridized carbons (Fsp3) is 0.455. The van der Waals surface area contributed by atoms with Crippen LogP contribution in [0.1, 0.15) is 31.4 Å². The molecule has 0 aliphatic carbocycles. The Morgan fingerprint density at radius 2 is 1.97 bits per heavy atom. The molecule has 5 rings (SSSR count). The number of carbonyl (C=O) groups is 1. The lowest BCUT2D eigenvalue weighted by Crippen LogP contribution is -2.53. The van der Waals surface area contributed by atoms with Crippen molar-refractivity contribution in [3.05, 3.63) is 46.2 Å².